The van der Waals surface area contributed by atoms with Gasteiger partial charge in [0.2, 0.25) is 0 Å². The molecule has 1 aliphatic heterocycles. The molecule has 0 unspecified atom stereocenters. The van der Waals surface area contributed by atoms with Gasteiger partial charge in [-0.25, -0.2) is 13.4 Å². The SMILES string of the molecule is CN(C)c1ccc(NS(=O)(=O)c2ccc3c(c2)CCO3)cn1. The summed E-state index contributed by atoms with van der Waals surface area (Å²) in [6.07, 6.45) is 2.24. The molecular weight excluding hydrogens is 302 g/mol. The lowest BCUT2D eigenvalue weighted by Gasteiger charge is -2.12. The molecule has 1 aromatic heterocycles. The third kappa shape index (κ3) is 2.85. The van der Waals surface area contributed by atoms with Crippen LogP contribution in [0.25, 0.3) is 0 Å². The van der Waals surface area contributed by atoms with Crippen molar-refractivity contribution in [3.05, 3.63) is 42.1 Å². The van der Waals surface area contributed by atoms with Crippen molar-refractivity contribution in [2.75, 3.05) is 30.3 Å². The van der Waals surface area contributed by atoms with Crippen molar-refractivity contribution < 1.29 is 13.2 Å². The predicted octanol–water partition coefficient (Wildman–Crippen LogP) is 1.88. The molecule has 0 saturated heterocycles. The van der Waals surface area contributed by atoms with Crippen molar-refractivity contribution in [3.63, 3.8) is 0 Å². The number of anilines is 2. The summed E-state index contributed by atoms with van der Waals surface area (Å²) in [7, 11) is 0.120. The second kappa shape index (κ2) is 5.49. The van der Waals surface area contributed by atoms with Gasteiger partial charge in [0.05, 0.1) is 23.4 Å². The summed E-state index contributed by atoms with van der Waals surface area (Å²) < 4.78 is 32.8. The van der Waals surface area contributed by atoms with E-state index in [0.29, 0.717) is 12.3 Å². The molecule has 0 radical (unpaired) electrons. The molecule has 0 atom stereocenters. The second-order valence-electron chi connectivity index (χ2n) is 5.27. The quantitative estimate of drug-likeness (QED) is 0.931. The van der Waals surface area contributed by atoms with E-state index in [1.165, 1.54) is 6.20 Å². The van der Waals surface area contributed by atoms with Gasteiger partial charge in [-0.3, -0.25) is 4.72 Å². The first-order chi connectivity index (χ1) is 10.5. The molecule has 116 valence electrons. The van der Waals surface area contributed by atoms with Crippen molar-refractivity contribution in [2.24, 2.45) is 0 Å². The molecule has 0 saturated carbocycles. The highest BCUT2D eigenvalue weighted by molar-refractivity contribution is 7.92. The van der Waals surface area contributed by atoms with Crippen LogP contribution in [0, 0.1) is 0 Å². The zero-order chi connectivity index (χ0) is 15.7. The fraction of sp³-hybridized carbons (Fsp3) is 0.267. The zero-order valence-corrected chi connectivity index (χ0v) is 13.2. The van der Waals surface area contributed by atoms with Crippen LogP contribution in [0.5, 0.6) is 5.75 Å². The summed E-state index contributed by atoms with van der Waals surface area (Å²) in [6, 6.07) is 8.36. The Morgan fingerprint density at radius 2 is 2.05 bits per heavy atom. The molecule has 22 heavy (non-hydrogen) atoms. The Labute approximate surface area is 129 Å². The Balaban J connectivity index is 1.84. The van der Waals surface area contributed by atoms with E-state index in [1.807, 2.05) is 19.0 Å². The summed E-state index contributed by atoms with van der Waals surface area (Å²) in [5.41, 5.74) is 1.35. The summed E-state index contributed by atoms with van der Waals surface area (Å²) in [6.45, 7) is 0.599. The number of rotatable bonds is 4. The van der Waals surface area contributed by atoms with Gasteiger partial charge in [0.1, 0.15) is 11.6 Å². The number of pyridine rings is 1. The van der Waals surface area contributed by atoms with Gasteiger partial charge in [0, 0.05) is 20.5 Å². The average molecular weight is 319 g/mol. The van der Waals surface area contributed by atoms with E-state index in [1.54, 1.807) is 30.3 Å². The fourth-order valence-electron chi connectivity index (χ4n) is 2.26. The van der Waals surface area contributed by atoms with Gasteiger partial charge in [0.15, 0.2) is 0 Å². The first kappa shape index (κ1) is 14.6. The molecule has 2 aromatic rings. The minimum absolute atomic E-state index is 0.230. The fourth-order valence-corrected chi connectivity index (χ4v) is 3.35. The Morgan fingerprint density at radius 1 is 1.23 bits per heavy atom. The van der Waals surface area contributed by atoms with E-state index in [0.717, 1.165) is 23.6 Å². The van der Waals surface area contributed by atoms with Gasteiger partial charge in [-0.2, -0.15) is 0 Å². The van der Waals surface area contributed by atoms with Gasteiger partial charge >= 0.3 is 0 Å². The minimum atomic E-state index is -3.63. The number of hydrogen-bond donors (Lipinski definition) is 1. The van der Waals surface area contributed by atoms with Crippen LogP contribution in [0.2, 0.25) is 0 Å². The van der Waals surface area contributed by atoms with Crippen molar-refractivity contribution in [2.45, 2.75) is 11.3 Å². The highest BCUT2D eigenvalue weighted by Gasteiger charge is 2.19. The third-order valence-corrected chi connectivity index (χ3v) is 4.81. The monoisotopic (exact) mass is 319 g/mol. The number of nitrogens with one attached hydrogen (secondary N) is 1. The van der Waals surface area contributed by atoms with E-state index in [2.05, 4.69) is 9.71 Å². The van der Waals surface area contributed by atoms with Crippen LogP contribution in [0.1, 0.15) is 5.56 Å². The molecule has 3 rings (SSSR count). The Bertz CT molecular complexity index is 786. The Hall–Kier alpha value is -2.28. The maximum absolute atomic E-state index is 12.4. The normalized spacial score (nSPS) is 13.4. The van der Waals surface area contributed by atoms with E-state index >= 15 is 0 Å². The molecule has 2 heterocycles. The van der Waals surface area contributed by atoms with Crippen LogP contribution in [0.15, 0.2) is 41.4 Å². The van der Waals surface area contributed by atoms with Crippen LogP contribution in [0.3, 0.4) is 0 Å². The van der Waals surface area contributed by atoms with Crippen LogP contribution in [0.4, 0.5) is 11.5 Å². The van der Waals surface area contributed by atoms with Crippen LogP contribution in [-0.4, -0.2) is 34.1 Å². The van der Waals surface area contributed by atoms with Crippen LogP contribution in [-0.2, 0) is 16.4 Å². The number of fused-ring (bicyclic) bond motifs is 1. The Morgan fingerprint density at radius 3 is 2.73 bits per heavy atom. The highest BCUT2D eigenvalue weighted by Crippen LogP contribution is 2.28. The smallest absolute Gasteiger partial charge is 0.261 e. The van der Waals surface area contributed by atoms with Gasteiger partial charge < -0.3 is 9.64 Å². The lowest BCUT2D eigenvalue weighted by molar-refractivity contribution is 0.356. The number of ether oxygens (including phenoxy) is 1. The number of benzene rings is 1. The molecule has 1 N–H and O–H groups in total. The average Bonchev–Trinajstić information content (AvgIpc) is 2.94. The maximum Gasteiger partial charge on any atom is 0.261 e. The van der Waals surface area contributed by atoms with Crippen molar-refractivity contribution in [1.29, 1.82) is 0 Å². The van der Waals surface area contributed by atoms with Crippen LogP contribution >= 0.6 is 0 Å². The lowest BCUT2D eigenvalue weighted by atomic mass is 10.2. The minimum Gasteiger partial charge on any atom is -0.493 e. The molecule has 0 amide bonds. The molecular formula is C15H17N3O3S. The number of aromatic nitrogens is 1. The topological polar surface area (TPSA) is 71.5 Å². The first-order valence-electron chi connectivity index (χ1n) is 6.88. The van der Waals surface area contributed by atoms with Gasteiger partial charge in [0.25, 0.3) is 10.0 Å². The number of sulfonamides is 1. The van der Waals surface area contributed by atoms with Gasteiger partial charge in [-0.15, -0.1) is 0 Å². The summed E-state index contributed by atoms with van der Waals surface area (Å²) in [5, 5.41) is 0. The van der Waals surface area contributed by atoms with E-state index in [4.69, 9.17) is 4.74 Å². The van der Waals surface area contributed by atoms with Crippen molar-refractivity contribution in [3.8, 4) is 5.75 Å². The van der Waals surface area contributed by atoms with Crippen molar-refractivity contribution in [1.82, 2.24) is 4.98 Å². The molecule has 0 spiro atoms. The first-order valence-corrected chi connectivity index (χ1v) is 8.36. The predicted molar refractivity (Wildman–Crippen MR) is 85.0 cm³/mol. The molecule has 7 heteroatoms. The third-order valence-electron chi connectivity index (χ3n) is 3.43. The summed E-state index contributed by atoms with van der Waals surface area (Å²) in [5.74, 6) is 1.52. The van der Waals surface area contributed by atoms with E-state index in [9.17, 15) is 8.42 Å². The zero-order valence-electron chi connectivity index (χ0n) is 12.4. The largest absolute Gasteiger partial charge is 0.493 e. The highest BCUT2D eigenvalue weighted by atomic mass is 32.2. The number of nitrogens with zero attached hydrogens (tertiary/aromatic N) is 2. The Kier molecular flexibility index (Phi) is 3.66. The molecule has 0 fully saturated rings. The summed E-state index contributed by atoms with van der Waals surface area (Å²) in [4.78, 5) is 6.27. The van der Waals surface area contributed by atoms with E-state index < -0.39 is 10.0 Å². The van der Waals surface area contributed by atoms with E-state index in [-0.39, 0.29) is 4.90 Å². The van der Waals surface area contributed by atoms with Gasteiger partial charge in [-0.1, -0.05) is 0 Å². The summed E-state index contributed by atoms with van der Waals surface area (Å²) >= 11 is 0. The molecule has 0 bridgehead atoms. The van der Waals surface area contributed by atoms with Crippen LogP contribution < -0.4 is 14.4 Å². The maximum atomic E-state index is 12.4. The molecule has 1 aliphatic rings. The standard InChI is InChI=1S/C15H17N3O3S/c1-18(2)15-6-3-12(10-16-15)17-22(19,20)13-4-5-14-11(9-13)7-8-21-14/h3-6,9-10,17H,7-8H2,1-2H3. The molecule has 6 nitrogen and oxygen atoms in total. The van der Waals surface area contributed by atoms with Crippen molar-refractivity contribution >= 4 is 21.5 Å². The number of hydrogen-bond acceptors (Lipinski definition) is 5. The van der Waals surface area contributed by atoms with Gasteiger partial charge in [-0.05, 0) is 35.9 Å². The molecule has 1 aromatic carbocycles. The molecule has 0 aliphatic carbocycles. The lowest BCUT2D eigenvalue weighted by Crippen LogP contribution is -2.14. The second-order valence-corrected chi connectivity index (χ2v) is 6.96.